The van der Waals surface area contributed by atoms with Crippen LogP contribution >= 0.6 is 0 Å². The highest BCUT2D eigenvalue weighted by Crippen LogP contribution is 2.27. The van der Waals surface area contributed by atoms with Crippen molar-refractivity contribution in [2.45, 2.75) is 18.9 Å². The summed E-state index contributed by atoms with van der Waals surface area (Å²) in [5, 5.41) is 9.06. The number of hydrogen-bond donors (Lipinski definition) is 1. The fraction of sp³-hybridized carbons (Fsp3) is 0.333. The van der Waals surface area contributed by atoms with Crippen molar-refractivity contribution in [2.75, 3.05) is 6.54 Å². The summed E-state index contributed by atoms with van der Waals surface area (Å²) in [6.07, 6.45) is 0.0551. The van der Waals surface area contributed by atoms with Crippen molar-refractivity contribution in [3.8, 4) is 0 Å². The van der Waals surface area contributed by atoms with E-state index < -0.39 is 12.1 Å². The van der Waals surface area contributed by atoms with Crippen molar-refractivity contribution in [1.29, 1.82) is 0 Å². The summed E-state index contributed by atoms with van der Waals surface area (Å²) in [5.41, 5.74) is 0.759. The Morgan fingerprint density at radius 1 is 1.31 bits per heavy atom. The lowest BCUT2D eigenvalue weighted by molar-refractivity contribution is -0.126. The summed E-state index contributed by atoms with van der Waals surface area (Å²) in [7, 11) is 0. The minimum absolute atomic E-state index is 0.0140. The molecule has 1 fully saturated rings. The number of rotatable bonds is 1. The molecule has 1 atom stereocenters. The maximum atomic E-state index is 11.8. The van der Waals surface area contributed by atoms with Crippen LogP contribution < -0.4 is 0 Å². The summed E-state index contributed by atoms with van der Waals surface area (Å²) < 4.78 is 0. The Bertz CT molecular complexity index is 402. The maximum Gasteiger partial charge on any atom is 0.408 e. The fourth-order valence-corrected chi connectivity index (χ4v) is 2.07. The number of benzene rings is 1. The standard InChI is InChI=1S/C12H13NO3/c14-10-7-4-8-13(12(15)16)11(10)9-5-2-1-3-6-9/h1-3,5-6,11H,4,7-8H2,(H,15,16). The van der Waals surface area contributed by atoms with E-state index in [9.17, 15) is 9.59 Å². The summed E-state index contributed by atoms with van der Waals surface area (Å²) in [4.78, 5) is 24.1. The second kappa shape index (κ2) is 4.35. The molecule has 0 saturated carbocycles. The van der Waals surface area contributed by atoms with Gasteiger partial charge in [0.2, 0.25) is 0 Å². The number of ketones is 1. The van der Waals surface area contributed by atoms with E-state index >= 15 is 0 Å². The third kappa shape index (κ3) is 1.91. The number of Topliss-reactive ketones (excluding diaryl/α,β-unsaturated/α-hetero) is 1. The first-order chi connectivity index (χ1) is 7.70. The van der Waals surface area contributed by atoms with E-state index in [2.05, 4.69) is 0 Å². The largest absolute Gasteiger partial charge is 0.465 e. The van der Waals surface area contributed by atoms with Crippen LogP contribution in [-0.4, -0.2) is 28.4 Å². The van der Waals surface area contributed by atoms with Gasteiger partial charge < -0.3 is 5.11 Å². The minimum atomic E-state index is -1.03. The van der Waals surface area contributed by atoms with E-state index in [4.69, 9.17) is 5.11 Å². The van der Waals surface area contributed by atoms with Crippen LogP contribution in [0.5, 0.6) is 0 Å². The first-order valence-electron chi connectivity index (χ1n) is 5.27. The van der Waals surface area contributed by atoms with Gasteiger partial charge in [-0.1, -0.05) is 30.3 Å². The molecule has 0 spiro atoms. The van der Waals surface area contributed by atoms with Gasteiger partial charge in [0.25, 0.3) is 0 Å². The molecular formula is C12H13NO3. The highest BCUT2D eigenvalue weighted by molar-refractivity contribution is 5.89. The van der Waals surface area contributed by atoms with E-state index in [1.807, 2.05) is 18.2 Å². The highest BCUT2D eigenvalue weighted by atomic mass is 16.4. The van der Waals surface area contributed by atoms with Crippen molar-refractivity contribution < 1.29 is 14.7 Å². The van der Waals surface area contributed by atoms with Crippen molar-refractivity contribution in [2.24, 2.45) is 0 Å². The van der Waals surface area contributed by atoms with Crippen LogP contribution in [0.3, 0.4) is 0 Å². The van der Waals surface area contributed by atoms with E-state index in [1.54, 1.807) is 12.1 Å². The smallest absolute Gasteiger partial charge is 0.408 e. The molecule has 1 N–H and O–H groups in total. The monoisotopic (exact) mass is 219 g/mol. The van der Waals surface area contributed by atoms with Crippen molar-refractivity contribution in [1.82, 2.24) is 4.90 Å². The predicted molar refractivity (Wildman–Crippen MR) is 58.2 cm³/mol. The van der Waals surface area contributed by atoms with Crippen LogP contribution in [-0.2, 0) is 4.79 Å². The number of likely N-dealkylation sites (tertiary alicyclic amines) is 1. The molecular weight excluding hydrogens is 206 g/mol. The third-order valence-electron chi connectivity index (χ3n) is 2.80. The second-order valence-electron chi connectivity index (χ2n) is 3.86. The van der Waals surface area contributed by atoms with Gasteiger partial charge in [-0.3, -0.25) is 9.69 Å². The number of piperidine rings is 1. The maximum absolute atomic E-state index is 11.8. The number of nitrogens with zero attached hydrogens (tertiary/aromatic N) is 1. The molecule has 16 heavy (non-hydrogen) atoms. The molecule has 1 aromatic rings. The lowest BCUT2D eigenvalue weighted by Crippen LogP contribution is -2.42. The van der Waals surface area contributed by atoms with Crippen LogP contribution in [0, 0.1) is 0 Å². The SMILES string of the molecule is O=C1CCCN(C(=O)O)C1c1ccccc1. The third-order valence-corrected chi connectivity index (χ3v) is 2.80. The Hall–Kier alpha value is -1.84. The van der Waals surface area contributed by atoms with Gasteiger partial charge in [0.15, 0.2) is 5.78 Å². The van der Waals surface area contributed by atoms with Gasteiger partial charge in [-0.25, -0.2) is 4.79 Å². The molecule has 0 aromatic heterocycles. The molecule has 0 aliphatic carbocycles. The Labute approximate surface area is 93.5 Å². The number of hydrogen-bond acceptors (Lipinski definition) is 2. The highest BCUT2D eigenvalue weighted by Gasteiger charge is 2.33. The molecule has 4 heteroatoms. The van der Waals surface area contributed by atoms with E-state index in [1.165, 1.54) is 4.90 Å². The quantitative estimate of drug-likeness (QED) is 0.786. The Kier molecular flexibility index (Phi) is 2.90. The molecule has 1 aromatic carbocycles. The molecule has 0 radical (unpaired) electrons. The lowest BCUT2D eigenvalue weighted by atomic mass is 9.94. The minimum Gasteiger partial charge on any atom is -0.465 e. The number of carbonyl (C=O) groups excluding carboxylic acids is 1. The van der Waals surface area contributed by atoms with E-state index in [0.29, 0.717) is 19.4 Å². The van der Waals surface area contributed by atoms with Crippen LogP contribution in [0.4, 0.5) is 4.79 Å². The molecule has 1 aliphatic rings. The van der Waals surface area contributed by atoms with E-state index in [0.717, 1.165) is 5.56 Å². The van der Waals surface area contributed by atoms with Crippen LogP contribution in [0.2, 0.25) is 0 Å². The number of carboxylic acid groups (broad SMARTS) is 1. The average molecular weight is 219 g/mol. The summed E-state index contributed by atoms with van der Waals surface area (Å²) >= 11 is 0. The van der Waals surface area contributed by atoms with Gasteiger partial charge >= 0.3 is 6.09 Å². The molecule has 1 amide bonds. The summed E-state index contributed by atoms with van der Waals surface area (Å²) in [5.74, 6) is -0.0140. The van der Waals surface area contributed by atoms with Crippen LogP contribution in [0.1, 0.15) is 24.4 Å². The topological polar surface area (TPSA) is 57.6 Å². The molecule has 1 saturated heterocycles. The average Bonchev–Trinajstić information content (AvgIpc) is 2.29. The fourth-order valence-electron chi connectivity index (χ4n) is 2.07. The Morgan fingerprint density at radius 2 is 2.00 bits per heavy atom. The lowest BCUT2D eigenvalue weighted by Gasteiger charge is -2.32. The zero-order valence-corrected chi connectivity index (χ0v) is 8.80. The van der Waals surface area contributed by atoms with Gasteiger partial charge in [-0.05, 0) is 12.0 Å². The van der Waals surface area contributed by atoms with Gasteiger partial charge in [-0.15, -0.1) is 0 Å². The van der Waals surface area contributed by atoms with E-state index in [-0.39, 0.29) is 5.78 Å². The Morgan fingerprint density at radius 3 is 2.62 bits per heavy atom. The summed E-state index contributed by atoms with van der Waals surface area (Å²) in [6.45, 7) is 0.431. The first kappa shape index (κ1) is 10.7. The van der Waals surface area contributed by atoms with Gasteiger partial charge in [0, 0.05) is 13.0 Å². The molecule has 0 bridgehead atoms. The zero-order chi connectivity index (χ0) is 11.5. The molecule has 1 heterocycles. The van der Waals surface area contributed by atoms with Gasteiger partial charge in [-0.2, -0.15) is 0 Å². The zero-order valence-electron chi connectivity index (χ0n) is 8.80. The van der Waals surface area contributed by atoms with Crippen molar-refractivity contribution >= 4 is 11.9 Å². The predicted octanol–water partition coefficient (Wildman–Crippen LogP) is 2.07. The second-order valence-corrected chi connectivity index (χ2v) is 3.86. The normalized spacial score (nSPS) is 20.9. The molecule has 1 unspecified atom stereocenters. The van der Waals surface area contributed by atoms with Gasteiger partial charge in [0.1, 0.15) is 6.04 Å². The number of carbonyl (C=O) groups is 2. The summed E-state index contributed by atoms with van der Waals surface area (Å²) in [6, 6.07) is 8.46. The molecule has 1 aliphatic heterocycles. The van der Waals surface area contributed by atoms with Crippen molar-refractivity contribution in [3.63, 3.8) is 0 Å². The van der Waals surface area contributed by atoms with Gasteiger partial charge in [0.05, 0.1) is 0 Å². The van der Waals surface area contributed by atoms with Crippen LogP contribution in [0.15, 0.2) is 30.3 Å². The molecule has 4 nitrogen and oxygen atoms in total. The first-order valence-corrected chi connectivity index (χ1v) is 5.27. The molecule has 84 valence electrons. The Balaban J connectivity index is 2.34. The number of amides is 1. The molecule has 2 rings (SSSR count). The van der Waals surface area contributed by atoms with Crippen LogP contribution in [0.25, 0.3) is 0 Å². The van der Waals surface area contributed by atoms with Crippen molar-refractivity contribution in [3.05, 3.63) is 35.9 Å².